The standard InChI is InChI=1S/C9H14ClO5P/c1-4-13-9(11)8(10)7(3)16(12)14-5-6(2)15-16/h6H,4-5H2,1-3H3/b8-7-. The van der Waals surface area contributed by atoms with Gasteiger partial charge in [-0.1, -0.05) is 11.6 Å². The lowest BCUT2D eigenvalue weighted by Crippen LogP contribution is -2.06. The number of hydrogen-bond acceptors (Lipinski definition) is 5. The van der Waals surface area contributed by atoms with E-state index in [1.807, 2.05) is 0 Å². The Morgan fingerprint density at radius 2 is 2.25 bits per heavy atom. The molecule has 2 unspecified atom stereocenters. The molecule has 1 aliphatic heterocycles. The van der Waals surface area contributed by atoms with E-state index in [1.54, 1.807) is 13.8 Å². The van der Waals surface area contributed by atoms with Crippen LogP contribution < -0.4 is 0 Å². The van der Waals surface area contributed by atoms with E-state index in [0.29, 0.717) is 0 Å². The van der Waals surface area contributed by atoms with E-state index in [-0.39, 0.29) is 29.7 Å². The summed E-state index contributed by atoms with van der Waals surface area (Å²) in [5.74, 6) is -0.719. The molecule has 0 aromatic rings. The van der Waals surface area contributed by atoms with E-state index in [0.717, 1.165) is 0 Å². The van der Waals surface area contributed by atoms with Gasteiger partial charge < -0.3 is 9.26 Å². The number of carbonyl (C=O) groups excluding carboxylic acids is 1. The van der Waals surface area contributed by atoms with Gasteiger partial charge in [0.05, 0.1) is 24.6 Å². The van der Waals surface area contributed by atoms with Crippen LogP contribution in [-0.4, -0.2) is 25.3 Å². The summed E-state index contributed by atoms with van der Waals surface area (Å²) in [6.45, 7) is 5.25. The van der Waals surface area contributed by atoms with Crippen LogP contribution in [0.2, 0.25) is 0 Å². The summed E-state index contributed by atoms with van der Waals surface area (Å²) in [6, 6.07) is 0. The minimum Gasteiger partial charge on any atom is -0.462 e. The quantitative estimate of drug-likeness (QED) is 0.447. The number of allylic oxidation sites excluding steroid dienone is 1. The maximum atomic E-state index is 12.1. The molecule has 0 spiro atoms. The van der Waals surface area contributed by atoms with Gasteiger partial charge in [0.2, 0.25) is 0 Å². The van der Waals surface area contributed by atoms with Gasteiger partial charge in [0.1, 0.15) is 5.03 Å². The molecule has 1 aliphatic rings. The van der Waals surface area contributed by atoms with E-state index in [1.165, 1.54) is 6.92 Å². The summed E-state index contributed by atoms with van der Waals surface area (Å²) < 4.78 is 27.0. The summed E-state index contributed by atoms with van der Waals surface area (Å²) in [6.07, 6.45) is -0.271. The lowest BCUT2D eigenvalue weighted by molar-refractivity contribution is -0.137. The summed E-state index contributed by atoms with van der Waals surface area (Å²) in [4.78, 5) is 11.3. The second kappa shape index (κ2) is 5.32. The van der Waals surface area contributed by atoms with E-state index in [9.17, 15) is 9.36 Å². The summed E-state index contributed by atoms with van der Waals surface area (Å²) in [7, 11) is -3.40. The lowest BCUT2D eigenvalue weighted by Gasteiger charge is -2.12. The Hall–Kier alpha value is -0.350. The van der Waals surface area contributed by atoms with Crippen molar-refractivity contribution in [2.45, 2.75) is 26.9 Å². The Kier molecular flexibility index (Phi) is 4.56. The largest absolute Gasteiger partial charge is 0.462 e. The van der Waals surface area contributed by atoms with E-state index < -0.39 is 13.6 Å². The molecule has 1 fully saturated rings. The van der Waals surface area contributed by atoms with Crippen LogP contribution in [0.15, 0.2) is 10.3 Å². The van der Waals surface area contributed by atoms with Crippen LogP contribution in [-0.2, 0) is 23.1 Å². The molecule has 7 heteroatoms. The number of ether oxygens (including phenoxy) is 1. The Morgan fingerprint density at radius 1 is 1.62 bits per heavy atom. The van der Waals surface area contributed by atoms with Gasteiger partial charge >= 0.3 is 13.6 Å². The third kappa shape index (κ3) is 2.86. The van der Waals surface area contributed by atoms with Gasteiger partial charge in [0.25, 0.3) is 0 Å². The number of halogens is 1. The van der Waals surface area contributed by atoms with Crippen LogP contribution in [0.25, 0.3) is 0 Å². The second-order valence-corrected chi connectivity index (χ2v) is 5.84. The minimum atomic E-state index is -3.40. The molecule has 0 aliphatic carbocycles. The highest BCUT2D eigenvalue weighted by molar-refractivity contribution is 7.58. The molecule has 1 saturated heterocycles. The lowest BCUT2D eigenvalue weighted by atomic mass is 10.5. The van der Waals surface area contributed by atoms with Crippen molar-refractivity contribution in [3.05, 3.63) is 10.3 Å². The number of carbonyl (C=O) groups is 1. The van der Waals surface area contributed by atoms with E-state index >= 15 is 0 Å². The summed E-state index contributed by atoms with van der Waals surface area (Å²) >= 11 is 5.75. The molecule has 16 heavy (non-hydrogen) atoms. The Morgan fingerprint density at radius 3 is 2.69 bits per heavy atom. The molecular formula is C9H14ClO5P. The highest BCUT2D eigenvalue weighted by Crippen LogP contribution is 2.61. The fraction of sp³-hybridized carbons (Fsp3) is 0.667. The van der Waals surface area contributed by atoms with Gasteiger partial charge in [-0.25, -0.2) is 4.79 Å². The molecule has 0 saturated carbocycles. The average Bonchev–Trinajstić information content (AvgIpc) is 2.58. The zero-order valence-electron chi connectivity index (χ0n) is 9.36. The average molecular weight is 269 g/mol. The first-order valence-corrected chi connectivity index (χ1v) is 6.79. The minimum absolute atomic E-state index is 0.0944. The summed E-state index contributed by atoms with van der Waals surface area (Å²) in [5, 5.41) is -0.142. The van der Waals surface area contributed by atoms with Crippen molar-refractivity contribution >= 4 is 25.2 Å². The number of esters is 1. The first-order valence-electron chi connectivity index (χ1n) is 4.87. The van der Waals surface area contributed by atoms with Crippen LogP contribution in [0, 0.1) is 0 Å². The van der Waals surface area contributed by atoms with Gasteiger partial charge in [0, 0.05) is 0 Å². The SMILES string of the molecule is CCOC(=O)/C(Cl)=C(\C)P1(=O)OCC(C)O1. The van der Waals surface area contributed by atoms with Crippen LogP contribution >= 0.6 is 19.2 Å². The third-order valence-electron chi connectivity index (χ3n) is 1.98. The molecule has 0 radical (unpaired) electrons. The highest BCUT2D eigenvalue weighted by Gasteiger charge is 2.39. The van der Waals surface area contributed by atoms with Gasteiger partial charge in [-0.2, -0.15) is 0 Å². The number of hydrogen-bond donors (Lipinski definition) is 0. The fourth-order valence-corrected chi connectivity index (χ4v) is 3.19. The molecule has 0 amide bonds. The van der Waals surface area contributed by atoms with Crippen LogP contribution in [0.4, 0.5) is 0 Å². The molecule has 0 bridgehead atoms. The van der Waals surface area contributed by atoms with Crippen molar-refractivity contribution in [2.75, 3.05) is 13.2 Å². The first-order chi connectivity index (χ1) is 7.40. The monoisotopic (exact) mass is 268 g/mol. The predicted molar refractivity (Wildman–Crippen MR) is 59.3 cm³/mol. The normalized spacial score (nSPS) is 31.1. The zero-order valence-corrected chi connectivity index (χ0v) is 11.0. The van der Waals surface area contributed by atoms with E-state index in [4.69, 9.17) is 25.4 Å². The first kappa shape index (κ1) is 13.7. The van der Waals surface area contributed by atoms with Crippen molar-refractivity contribution in [1.82, 2.24) is 0 Å². The second-order valence-electron chi connectivity index (χ2n) is 3.33. The molecular weight excluding hydrogens is 255 g/mol. The third-order valence-corrected chi connectivity index (χ3v) is 4.72. The van der Waals surface area contributed by atoms with Gasteiger partial charge in [0.15, 0.2) is 0 Å². The van der Waals surface area contributed by atoms with Crippen LogP contribution in [0.1, 0.15) is 20.8 Å². The molecule has 0 aromatic carbocycles. The molecule has 0 N–H and O–H groups in total. The molecule has 0 aromatic heterocycles. The Bertz CT molecular complexity index is 365. The van der Waals surface area contributed by atoms with Crippen molar-refractivity contribution in [2.24, 2.45) is 0 Å². The van der Waals surface area contributed by atoms with Crippen molar-refractivity contribution in [1.29, 1.82) is 0 Å². The van der Waals surface area contributed by atoms with Gasteiger partial charge in [-0.05, 0) is 20.8 Å². The predicted octanol–water partition coefficient (Wildman–Crippen LogP) is 2.65. The zero-order chi connectivity index (χ0) is 12.3. The fourth-order valence-electron chi connectivity index (χ4n) is 1.14. The van der Waals surface area contributed by atoms with E-state index in [2.05, 4.69) is 0 Å². The maximum Gasteiger partial charge on any atom is 0.359 e. The molecule has 2 atom stereocenters. The molecule has 1 heterocycles. The summed E-state index contributed by atoms with van der Waals surface area (Å²) in [5.41, 5.74) is 0. The van der Waals surface area contributed by atoms with Gasteiger partial charge in [-0.3, -0.25) is 9.09 Å². The highest BCUT2D eigenvalue weighted by atomic mass is 35.5. The Labute approximate surface area is 99.2 Å². The number of rotatable bonds is 3. The Balaban J connectivity index is 2.91. The topological polar surface area (TPSA) is 61.8 Å². The van der Waals surface area contributed by atoms with Gasteiger partial charge in [-0.15, -0.1) is 0 Å². The van der Waals surface area contributed by atoms with Crippen molar-refractivity contribution in [3.63, 3.8) is 0 Å². The van der Waals surface area contributed by atoms with Crippen molar-refractivity contribution in [3.8, 4) is 0 Å². The molecule has 5 nitrogen and oxygen atoms in total. The molecule has 92 valence electrons. The van der Waals surface area contributed by atoms with Crippen molar-refractivity contribution < 1.29 is 23.1 Å². The maximum absolute atomic E-state index is 12.1. The van der Waals surface area contributed by atoms with Crippen LogP contribution in [0.3, 0.4) is 0 Å². The molecule has 1 rings (SSSR count). The van der Waals surface area contributed by atoms with Crippen LogP contribution in [0.5, 0.6) is 0 Å². The smallest absolute Gasteiger partial charge is 0.359 e.